The number of hydrogen-bond acceptors (Lipinski definition) is 7. The molecule has 2 amide bonds. The van der Waals surface area contributed by atoms with Gasteiger partial charge in [-0.05, 0) is 37.3 Å². The summed E-state index contributed by atoms with van der Waals surface area (Å²) in [6.45, 7) is 1.91. The average Bonchev–Trinajstić information content (AvgIpc) is 3.07. The third kappa shape index (κ3) is 3.69. The highest BCUT2D eigenvalue weighted by molar-refractivity contribution is 5.89. The molecule has 4 rings (SSSR count). The van der Waals surface area contributed by atoms with E-state index in [0.29, 0.717) is 34.1 Å². The Morgan fingerprint density at radius 2 is 1.97 bits per heavy atom. The van der Waals surface area contributed by atoms with Crippen molar-refractivity contribution in [3.05, 3.63) is 54.5 Å². The van der Waals surface area contributed by atoms with E-state index >= 15 is 0 Å². The molecule has 4 aromatic rings. The van der Waals surface area contributed by atoms with Crippen LogP contribution in [-0.4, -0.2) is 37.5 Å². The van der Waals surface area contributed by atoms with Gasteiger partial charge < -0.3 is 11.1 Å². The summed E-state index contributed by atoms with van der Waals surface area (Å²) in [4.78, 5) is 34.1. The largest absolute Gasteiger partial charge is 0.368 e. The van der Waals surface area contributed by atoms with Crippen LogP contribution in [0.1, 0.15) is 5.69 Å². The smallest absolute Gasteiger partial charge is 0.343 e. The molecule has 0 unspecified atom stereocenters. The van der Waals surface area contributed by atoms with Crippen LogP contribution in [0.2, 0.25) is 0 Å². The zero-order chi connectivity index (χ0) is 20.4. The first kappa shape index (κ1) is 18.3. The fourth-order valence-corrected chi connectivity index (χ4v) is 2.97. The van der Waals surface area contributed by atoms with Crippen molar-refractivity contribution in [3.8, 4) is 22.8 Å². The number of carbonyl (C=O) groups excluding carboxylic acids is 1. The van der Waals surface area contributed by atoms with Crippen LogP contribution in [0.4, 0.5) is 16.4 Å². The second-order valence-corrected chi connectivity index (χ2v) is 6.18. The number of amides is 2. The van der Waals surface area contributed by atoms with E-state index in [2.05, 4.69) is 30.6 Å². The maximum atomic E-state index is 11.8. The van der Waals surface area contributed by atoms with E-state index in [1.807, 2.05) is 29.5 Å². The highest BCUT2D eigenvalue weighted by atomic mass is 16.6. The lowest BCUT2D eigenvalue weighted by Gasteiger charge is -2.08. The zero-order valence-corrected chi connectivity index (χ0v) is 15.7. The number of nitrogens with two attached hydrogens (primary N) is 1. The van der Waals surface area contributed by atoms with Gasteiger partial charge in [0.05, 0.1) is 24.2 Å². The summed E-state index contributed by atoms with van der Waals surface area (Å²) < 4.78 is 1.82. The molecule has 146 valence electrons. The van der Waals surface area contributed by atoms with Gasteiger partial charge >= 0.3 is 6.03 Å². The van der Waals surface area contributed by atoms with E-state index < -0.39 is 6.03 Å². The van der Waals surface area contributed by atoms with Gasteiger partial charge in [0.1, 0.15) is 17.0 Å². The molecule has 0 bridgehead atoms. The van der Waals surface area contributed by atoms with Crippen LogP contribution >= 0.6 is 0 Å². The van der Waals surface area contributed by atoms with Crippen LogP contribution in [0.15, 0.2) is 48.8 Å². The van der Waals surface area contributed by atoms with Crippen LogP contribution < -0.4 is 16.5 Å². The number of hydroxylamine groups is 1. The van der Waals surface area contributed by atoms with Crippen molar-refractivity contribution in [2.24, 2.45) is 0 Å². The number of nitrogens with zero attached hydrogens (tertiary/aromatic N) is 5. The summed E-state index contributed by atoms with van der Waals surface area (Å²) in [6.07, 6.45) is 3.32. The number of anilines is 2. The molecule has 29 heavy (non-hydrogen) atoms. The predicted molar refractivity (Wildman–Crippen MR) is 108 cm³/mol. The molecule has 0 saturated heterocycles. The van der Waals surface area contributed by atoms with Crippen molar-refractivity contribution in [2.75, 3.05) is 18.2 Å². The van der Waals surface area contributed by atoms with E-state index in [0.717, 1.165) is 5.69 Å². The molecule has 0 radical (unpaired) electrons. The minimum atomic E-state index is -0.500. The number of urea groups is 1. The number of imidazole rings is 1. The maximum absolute atomic E-state index is 11.8. The standard InChI is InChI=1S/C19H18N8O2/c1-11-4-3-5-13(22-11)16-17(14-8-9-21-18(20)24-14)27-10-12(6-7-15(27)25-16)23-19(28)26-29-2/h3-10H,1-2H3,(H2,20,21,24)(H2,23,26,28). The average molecular weight is 390 g/mol. The lowest BCUT2D eigenvalue weighted by atomic mass is 10.1. The van der Waals surface area contributed by atoms with Gasteiger partial charge in [-0.2, -0.15) is 0 Å². The predicted octanol–water partition coefficient (Wildman–Crippen LogP) is 2.43. The van der Waals surface area contributed by atoms with Gasteiger partial charge in [0.15, 0.2) is 0 Å². The minimum absolute atomic E-state index is 0.148. The summed E-state index contributed by atoms with van der Waals surface area (Å²) in [5, 5.41) is 2.69. The molecule has 10 heteroatoms. The third-order valence-corrected chi connectivity index (χ3v) is 4.12. The number of aromatic nitrogens is 5. The molecule has 4 N–H and O–H groups in total. The maximum Gasteiger partial charge on any atom is 0.343 e. The summed E-state index contributed by atoms with van der Waals surface area (Å²) >= 11 is 0. The third-order valence-electron chi connectivity index (χ3n) is 4.12. The first-order valence-corrected chi connectivity index (χ1v) is 8.70. The van der Waals surface area contributed by atoms with Gasteiger partial charge in [0.25, 0.3) is 0 Å². The fraction of sp³-hybridized carbons (Fsp3) is 0.105. The highest BCUT2D eigenvalue weighted by Gasteiger charge is 2.19. The Morgan fingerprint density at radius 3 is 2.72 bits per heavy atom. The van der Waals surface area contributed by atoms with Crippen LogP contribution in [0.3, 0.4) is 0 Å². The summed E-state index contributed by atoms with van der Waals surface area (Å²) in [7, 11) is 1.36. The van der Waals surface area contributed by atoms with Crippen LogP contribution in [-0.2, 0) is 4.84 Å². The number of rotatable bonds is 4. The molecule has 0 aliphatic carbocycles. The van der Waals surface area contributed by atoms with Crippen molar-refractivity contribution in [1.29, 1.82) is 0 Å². The molecule has 0 saturated carbocycles. The number of hydrogen-bond donors (Lipinski definition) is 3. The topological polar surface area (TPSA) is 132 Å². The number of nitrogens with one attached hydrogen (secondary N) is 2. The molecule has 4 heterocycles. The number of carbonyl (C=O) groups is 1. The summed E-state index contributed by atoms with van der Waals surface area (Å²) in [5.74, 6) is 0.148. The van der Waals surface area contributed by atoms with Crippen molar-refractivity contribution < 1.29 is 9.63 Å². The quantitative estimate of drug-likeness (QED) is 0.456. The van der Waals surface area contributed by atoms with Crippen molar-refractivity contribution >= 4 is 23.3 Å². The van der Waals surface area contributed by atoms with Crippen LogP contribution in [0, 0.1) is 6.92 Å². The SMILES string of the molecule is CONC(=O)Nc1ccc2nc(-c3cccc(C)n3)c(-c3ccnc(N)n3)n2c1. The second-order valence-electron chi connectivity index (χ2n) is 6.18. The molecule has 0 atom stereocenters. The van der Waals surface area contributed by atoms with E-state index in [4.69, 9.17) is 10.7 Å². The van der Waals surface area contributed by atoms with Crippen LogP contribution in [0.25, 0.3) is 28.4 Å². The first-order chi connectivity index (χ1) is 14.0. The molecule has 4 aromatic heterocycles. The van der Waals surface area contributed by atoms with Crippen molar-refractivity contribution in [3.63, 3.8) is 0 Å². The van der Waals surface area contributed by atoms with E-state index in [-0.39, 0.29) is 5.95 Å². The van der Waals surface area contributed by atoms with Gasteiger partial charge in [-0.3, -0.25) is 14.2 Å². The van der Waals surface area contributed by atoms with Crippen LogP contribution in [0.5, 0.6) is 0 Å². The Morgan fingerprint density at radius 1 is 1.10 bits per heavy atom. The Hall–Kier alpha value is -4.05. The lowest BCUT2D eigenvalue weighted by Crippen LogP contribution is -2.27. The number of pyridine rings is 2. The van der Waals surface area contributed by atoms with Gasteiger partial charge in [-0.25, -0.2) is 25.2 Å². The van der Waals surface area contributed by atoms with Gasteiger partial charge in [0, 0.05) is 18.1 Å². The molecule has 0 aromatic carbocycles. The molecule has 0 aliphatic rings. The molecular weight excluding hydrogens is 372 g/mol. The van der Waals surface area contributed by atoms with Gasteiger partial charge in [-0.15, -0.1) is 0 Å². The Bertz CT molecular complexity index is 1200. The van der Waals surface area contributed by atoms with E-state index in [9.17, 15) is 4.79 Å². The summed E-state index contributed by atoms with van der Waals surface area (Å²) in [6, 6.07) is 10.5. The lowest BCUT2D eigenvalue weighted by molar-refractivity contribution is 0.114. The van der Waals surface area contributed by atoms with Gasteiger partial charge in [0.2, 0.25) is 5.95 Å². The zero-order valence-electron chi connectivity index (χ0n) is 15.7. The van der Waals surface area contributed by atoms with Crippen molar-refractivity contribution in [1.82, 2.24) is 29.8 Å². The molecule has 0 aliphatic heterocycles. The molecule has 0 fully saturated rings. The monoisotopic (exact) mass is 390 g/mol. The van der Waals surface area contributed by atoms with E-state index in [1.165, 1.54) is 7.11 Å². The molecule has 0 spiro atoms. The number of aryl methyl sites for hydroxylation is 1. The first-order valence-electron chi connectivity index (χ1n) is 8.70. The molecule has 10 nitrogen and oxygen atoms in total. The summed E-state index contributed by atoms with van der Waals surface area (Å²) in [5.41, 5.74) is 12.7. The number of fused-ring (bicyclic) bond motifs is 1. The van der Waals surface area contributed by atoms with E-state index in [1.54, 1.807) is 30.6 Å². The normalized spacial score (nSPS) is 10.8. The number of nitrogen functional groups attached to an aromatic ring is 1. The van der Waals surface area contributed by atoms with Crippen molar-refractivity contribution in [2.45, 2.75) is 6.92 Å². The Balaban J connectivity index is 1.92. The highest BCUT2D eigenvalue weighted by Crippen LogP contribution is 2.31. The van der Waals surface area contributed by atoms with Gasteiger partial charge in [-0.1, -0.05) is 6.07 Å². The Labute approximate surface area is 165 Å². The molecular formula is C19H18N8O2. The Kier molecular flexibility index (Phi) is 4.75. The second kappa shape index (κ2) is 7.52. The fourth-order valence-electron chi connectivity index (χ4n) is 2.97. The minimum Gasteiger partial charge on any atom is -0.368 e.